The molecule has 2 aromatic heterocycles. The van der Waals surface area contributed by atoms with E-state index in [0.717, 1.165) is 47.2 Å². The van der Waals surface area contributed by atoms with Crippen molar-refractivity contribution >= 4 is 16.7 Å². The molecule has 1 saturated heterocycles. The number of oxazole rings is 1. The summed E-state index contributed by atoms with van der Waals surface area (Å²) >= 11 is 0. The fourth-order valence-corrected chi connectivity index (χ4v) is 4.43. The molecule has 0 aliphatic carbocycles. The first-order valence-electron chi connectivity index (χ1n) is 10.9. The molecule has 0 saturated carbocycles. The van der Waals surface area contributed by atoms with Gasteiger partial charge < -0.3 is 14.1 Å². The van der Waals surface area contributed by atoms with Crippen molar-refractivity contribution in [1.82, 2.24) is 14.9 Å². The van der Waals surface area contributed by atoms with Gasteiger partial charge in [0.05, 0.1) is 19.2 Å². The number of rotatable bonds is 5. The predicted molar refractivity (Wildman–Crippen MR) is 122 cm³/mol. The molecule has 1 aliphatic rings. The van der Waals surface area contributed by atoms with Crippen molar-refractivity contribution in [3.8, 4) is 5.75 Å². The van der Waals surface area contributed by atoms with Crippen molar-refractivity contribution in [2.45, 2.75) is 25.2 Å². The molecule has 0 spiro atoms. The standard InChI is InChI=1S/C26H25N3O3/c1-31-23-11-5-3-8-19(23)15-21-16-28-25(32-21)20-9-6-14-29(17-20)26(30)24-22-10-4-2-7-18(22)12-13-27-24/h2-5,7-8,10-13,16,20H,6,9,14-15,17H2,1H3/t20-/m0/s1. The number of carbonyl (C=O) groups is 1. The second-order valence-corrected chi connectivity index (χ2v) is 8.12. The molecule has 2 aromatic carbocycles. The lowest BCUT2D eigenvalue weighted by Crippen LogP contribution is -2.39. The number of amides is 1. The van der Waals surface area contributed by atoms with Crippen LogP contribution >= 0.6 is 0 Å². The molecule has 0 N–H and O–H groups in total. The average molecular weight is 428 g/mol. The summed E-state index contributed by atoms with van der Waals surface area (Å²) in [4.78, 5) is 24.1. The van der Waals surface area contributed by atoms with Crippen LogP contribution in [0.15, 0.2) is 71.4 Å². The lowest BCUT2D eigenvalue weighted by atomic mass is 9.97. The molecule has 0 radical (unpaired) electrons. The number of para-hydroxylation sites is 1. The Morgan fingerprint density at radius 1 is 1.12 bits per heavy atom. The molecule has 1 atom stereocenters. The zero-order chi connectivity index (χ0) is 21.9. The van der Waals surface area contributed by atoms with Gasteiger partial charge in [0.1, 0.15) is 17.2 Å². The Morgan fingerprint density at radius 2 is 1.97 bits per heavy atom. The van der Waals surface area contributed by atoms with Crippen LogP contribution in [0.3, 0.4) is 0 Å². The van der Waals surface area contributed by atoms with Crippen molar-refractivity contribution in [2.75, 3.05) is 20.2 Å². The van der Waals surface area contributed by atoms with Crippen LogP contribution in [-0.2, 0) is 6.42 Å². The van der Waals surface area contributed by atoms with Crippen LogP contribution in [0.25, 0.3) is 10.8 Å². The van der Waals surface area contributed by atoms with E-state index in [4.69, 9.17) is 9.15 Å². The number of carbonyl (C=O) groups excluding carboxylic acids is 1. The quantitative estimate of drug-likeness (QED) is 0.456. The highest BCUT2D eigenvalue weighted by Gasteiger charge is 2.29. The first kappa shape index (κ1) is 20.2. The van der Waals surface area contributed by atoms with Crippen molar-refractivity contribution in [1.29, 1.82) is 0 Å². The second kappa shape index (κ2) is 8.83. The summed E-state index contributed by atoms with van der Waals surface area (Å²) in [5.41, 5.74) is 1.56. The van der Waals surface area contributed by atoms with E-state index in [9.17, 15) is 4.79 Å². The summed E-state index contributed by atoms with van der Waals surface area (Å²) in [6.07, 6.45) is 5.96. The highest BCUT2D eigenvalue weighted by atomic mass is 16.5. The number of benzene rings is 2. The van der Waals surface area contributed by atoms with Gasteiger partial charge in [0.25, 0.3) is 5.91 Å². The topological polar surface area (TPSA) is 68.5 Å². The van der Waals surface area contributed by atoms with Crippen molar-refractivity contribution in [3.05, 3.63) is 89.9 Å². The Bertz CT molecular complexity index is 1240. The minimum absolute atomic E-state index is 0.0349. The predicted octanol–water partition coefficient (Wildman–Crippen LogP) is 4.84. The fourth-order valence-electron chi connectivity index (χ4n) is 4.43. The Hall–Kier alpha value is -3.67. The van der Waals surface area contributed by atoms with Crippen LogP contribution in [0, 0.1) is 0 Å². The number of aromatic nitrogens is 2. The van der Waals surface area contributed by atoms with Gasteiger partial charge in [-0.05, 0) is 30.4 Å². The summed E-state index contributed by atoms with van der Waals surface area (Å²) < 4.78 is 11.6. The third-order valence-electron chi connectivity index (χ3n) is 6.06. The van der Waals surface area contributed by atoms with Crippen LogP contribution < -0.4 is 4.74 Å². The Morgan fingerprint density at radius 3 is 2.88 bits per heavy atom. The molecule has 5 rings (SSSR count). The van der Waals surface area contributed by atoms with Crippen LogP contribution in [-0.4, -0.2) is 41.0 Å². The van der Waals surface area contributed by atoms with Crippen molar-refractivity contribution in [2.24, 2.45) is 0 Å². The van der Waals surface area contributed by atoms with Gasteiger partial charge >= 0.3 is 0 Å². The van der Waals surface area contributed by atoms with Crippen LogP contribution in [0.2, 0.25) is 0 Å². The number of piperidine rings is 1. The maximum absolute atomic E-state index is 13.3. The van der Waals surface area contributed by atoms with E-state index < -0.39 is 0 Å². The second-order valence-electron chi connectivity index (χ2n) is 8.12. The summed E-state index contributed by atoms with van der Waals surface area (Å²) in [7, 11) is 1.67. The largest absolute Gasteiger partial charge is 0.496 e. The van der Waals surface area contributed by atoms with Crippen LogP contribution in [0.5, 0.6) is 5.75 Å². The zero-order valence-electron chi connectivity index (χ0n) is 18.0. The van der Waals surface area contributed by atoms with Crippen LogP contribution in [0.1, 0.15) is 46.5 Å². The number of fused-ring (bicyclic) bond motifs is 1. The molecule has 1 amide bonds. The highest BCUT2D eigenvalue weighted by Crippen LogP contribution is 2.29. The molecule has 3 heterocycles. The number of pyridine rings is 1. The molecule has 1 aliphatic heterocycles. The molecule has 6 heteroatoms. The van der Waals surface area contributed by atoms with E-state index in [0.29, 0.717) is 24.6 Å². The molecule has 0 bridgehead atoms. The number of likely N-dealkylation sites (tertiary alicyclic amines) is 1. The molecule has 4 aromatic rings. The van der Waals surface area contributed by atoms with Gasteiger partial charge in [-0.3, -0.25) is 9.78 Å². The lowest BCUT2D eigenvalue weighted by molar-refractivity contribution is 0.0694. The molecule has 0 unspecified atom stereocenters. The van der Waals surface area contributed by atoms with Gasteiger partial charge in [-0.1, -0.05) is 42.5 Å². The average Bonchev–Trinajstić information content (AvgIpc) is 3.32. The Kier molecular flexibility index (Phi) is 5.58. The van der Waals surface area contributed by atoms with Gasteiger partial charge in [0.2, 0.25) is 0 Å². The van der Waals surface area contributed by atoms with Gasteiger partial charge in [-0.2, -0.15) is 0 Å². The Balaban J connectivity index is 1.33. The normalized spacial score (nSPS) is 16.3. The lowest BCUT2D eigenvalue weighted by Gasteiger charge is -2.31. The van der Waals surface area contributed by atoms with E-state index in [2.05, 4.69) is 9.97 Å². The molecular formula is C26H25N3O3. The minimum Gasteiger partial charge on any atom is -0.496 e. The van der Waals surface area contributed by atoms with Gasteiger partial charge in [-0.25, -0.2) is 4.98 Å². The van der Waals surface area contributed by atoms with E-state index in [1.54, 1.807) is 19.5 Å². The molecular weight excluding hydrogens is 402 g/mol. The first-order valence-corrected chi connectivity index (χ1v) is 10.9. The van der Waals surface area contributed by atoms with Gasteiger partial charge in [-0.15, -0.1) is 0 Å². The summed E-state index contributed by atoms with van der Waals surface area (Å²) in [5, 5.41) is 1.91. The summed E-state index contributed by atoms with van der Waals surface area (Å²) in [6, 6.07) is 17.7. The van der Waals surface area contributed by atoms with E-state index >= 15 is 0 Å². The molecule has 32 heavy (non-hydrogen) atoms. The zero-order valence-corrected chi connectivity index (χ0v) is 18.0. The fraction of sp³-hybridized carbons (Fsp3) is 0.269. The molecule has 6 nitrogen and oxygen atoms in total. The monoisotopic (exact) mass is 427 g/mol. The number of hydrogen-bond acceptors (Lipinski definition) is 5. The van der Waals surface area contributed by atoms with Crippen molar-refractivity contribution in [3.63, 3.8) is 0 Å². The summed E-state index contributed by atoms with van der Waals surface area (Å²) in [5.74, 6) is 2.37. The van der Waals surface area contributed by atoms with Gasteiger partial charge in [0, 0.05) is 36.7 Å². The minimum atomic E-state index is -0.0349. The number of ether oxygens (including phenoxy) is 1. The number of methoxy groups -OCH3 is 1. The highest BCUT2D eigenvalue weighted by molar-refractivity contribution is 6.05. The first-order chi connectivity index (χ1) is 15.7. The molecule has 1 fully saturated rings. The maximum Gasteiger partial charge on any atom is 0.273 e. The van der Waals surface area contributed by atoms with E-state index in [-0.39, 0.29) is 11.8 Å². The Labute approximate surface area is 186 Å². The SMILES string of the molecule is COc1ccccc1Cc1cnc([C@H]2CCCN(C(=O)c3nccc4ccccc34)C2)o1. The van der Waals surface area contributed by atoms with E-state index in [1.165, 1.54) is 0 Å². The van der Waals surface area contributed by atoms with Crippen LogP contribution in [0.4, 0.5) is 0 Å². The third kappa shape index (κ3) is 3.96. The number of nitrogens with zero attached hydrogens (tertiary/aromatic N) is 3. The third-order valence-corrected chi connectivity index (χ3v) is 6.06. The van der Waals surface area contributed by atoms with E-state index in [1.807, 2.05) is 59.5 Å². The summed E-state index contributed by atoms with van der Waals surface area (Å²) in [6.45, 7) is 1.30. The van der Waals surface area contributed by atoms with Crippen molar-refractivity contribution < 1.29 is 13.9 Å². The smallest absolute Gasteiger partial charge is 0.273 e. The van der Waals surface area contributed by atoms with Gasteiger partial charge in [0.15, 0.2) is 5.89 Å². The number of hydrogen-bond donors (Lipinski definition) is 0. The molecule has 162 valence electrons. The maximum atomic E-state index is 13.3.